The predicted molar refractivity (Wildman–Crippen MR) is 136 cm³/mol. The van der Waals surface area contributed by atoms with Crippen molar-refractivity contribution in [1.82, 2.24) is 14.9 Å². The zero-order chi connectivity index (χ0) is 22.8. The van der Waals surface area contributed by atoms with E-state index >= 15 is 0 Å². The van der Waals surface area contributed by atoms with Crippen LogP contribution >= 0.6 is 34.4 Å². The number of amides is 1. The topological polar surface area (TPSA) is 73.2 Å². The third kappa shape index (κ3) is 4.36. The molecule has 6 nitrogen and oxygen atoms in total. The number of hydrogen-bond acceptors (Lipinski definition) is 7. The summed E-state index contributed by atoms with van der Waals surface area (Å²) in [5.74, 6) is 0.872. The first-order valence-corrected chi connectivity index (χ1v) is 13.2. The van der Waals surface area contributed by atoms with E-state index in [2.05, 4.69) is 11.9 Å². The number of carbonyl (C=O) groups is 1. The maximum atomic E-state index is 13.4. The molecule has 0 saturated heterocycles. The second-order valence-electron chi connectivity index (χ2n) is 7.49. The molecule has 5 rings (SSSR count). The number of thiophene rings is 2. The monoisotopic (exact) mass is 495 g/mol. The molecule has 1 amide bonds. The average molecular weight is 496 g/mol. The summed E-state index contributed by atoms with van der Waals surface area (Å²) >= 11 is 4.32. The van der Waals surface area contributed by atoms with Crippen molar-refractivity contribution in [3.05, 3.63) is 75.7 Å². The average Bonchev–Trinajstić information content (AvgIpc) is 3.50. The molecule has 0 aliphatic carbocycles. The first-order chi connectivity index (χ1) is 16.2. The van der Waals surface area contributed by atoms with E-state index in [9.17, 15) is 9.59 Å². The molecule has 1 aromatic carbocycles. The van der Waals surface area contributed by atoms with Crippen LogP contribution in [0.15, 0.2) is 69.8 Å². The first-order valence-electron chi connectivity index (χ1n) is 10.5. The predicted octanol–water partition coefficient (Wildman–Crippen LogP) is 5.10. The highest BCUT2D eigenvalue weighted by atomic mass is 32.2. The maximum Gasteiger partial charge on any atom is 0.263 e. The quantitative estimate of drug-likeness (QED) is 0.219. The molecule has 0 fully saturated rings. The second-order valence-corrected chi connectivity index (χ2v) is 10.2. The van der Waals surface area contributed by atoms with Crippen molar-refractivity contribution in [1.29, 1.82) is 0 Å². The van der Waals surface area contributed by atoms with E-state index in [4.69, 9.17) is 9.72 Å². The standard InChI is InChI=1S/C24H21N3O3S3/c1-2-10-27-23(29)21-16(19-8-5-12-31-19)13-32-22(21)26-24(27)33-14-20(28)25-17-9-11-30-18-7-4-3-6-15(17)18/h2-8,12-13,17H,1,9-11,14H2,(H,25,28). The Bertz CT molecular complexity index is 1370. The number of hydrogen-bond donors (Lipinski definition) is 1. The van der Waals surface area contributed by atoms with Crippen molar-refractivity contribution in [2.45, 2.75) is 24.2 Å². The fraction of sp³-hybridized carbons (Fsp3) is 0.208. The molecule has 168 valence electrons. The van der Waals surface area contributed by atoms with E-state index in [0.717, 1.165) is 28.2 Å². The molecule has 1 N–H and O–H groups in total. The van der Waals surface area contributed by atoms with Crippen molar-refractivity contribution < 1.29 is 9.53 Å². The molecule has 1 atom stereocenters. The number of nitrogens with zero attached hydrogens (tertiary/aromatic N) is 2. The number of para-hydroxylation sites is 1. The Morgan fingerprint density at radius 3 is 3.00 bits per heavy atom. The molecule has 33 heavy (non-hydrogen) atoms. The summed E-state index contributed by atoms with van der Waals surface area (Å²) in [7, 11) is 0. The van der Waals surface area contributed by atoms with E-state index in [-0.39, 0.29) is 23.3 Å². The lowest BCUT2D eigenvalue weighted by Gasteiger charge is -2.26. The van der Waals surface area contributed by atoms with Gasteiger partial charge in [0, 0.05) is 34.3 Å². The molecule has 1 unspecified atom stereocenters. The number of aromatic nitrogens is 2. The van der Waals surface area contributed by atoms with E-state index in [0.29, 0.717) is 28.5 Å². The van der Waals surface area contributed by atoms with Crippen LogP contribution in [0.3, 0.4) is 0 Å². The summed E-state index contributed by atoms with van der Waals surface area (Å²) in [4.78, 5) is 32.6. The van der Waals surface area contributed by atoms with Gasteiger partial charge in [-0.3, -0.25) is 14.2 Å². The Morgan fingerprint density at radius 1 is 1.30 bits per heavy atom. The Hall–Kier alpha value is -2.88. The van der Waals surface area contributed by atoms with Crippen LogP contribution in [-0.2, 0) is 11.3 Å². The number of benzene rings is 1. The SMILES string of the molecule is C=CCn1c(SCC(=O)NC2CCOc3ccccc32)nc2scc(-c3cccs3)c2c1=O. The number of ether oxygens (including phenoxy) is 1. The minimum absolute atomic E-state index is 0.0838. The molecule has 0 bridgehead atoms. The van der Waals surface area contributed by atoms with Crippen molar-refractivity contribution in [2.75, 3.05) is 12.4 Å². The van der Waals surface area contributed by atoms with Crippen LogP contribution in [0.2, 0.25) is 0 Å². The third-order valence-electron chi connectivity index (χ3n) is 5.38. The second kappa shape index (κ2) is 9.54. The molecule has 0 saturated carbocycles. The van der Waals surface area contributed by atoms with E-state index < -0.39 is 0 Å². The molecule has 0 spiro atoms. The largest absolute Gasteiger partial charge is 0.493 e. The van der Waals surface area contributed by atoms with Crippen LogP contribution in [0.5, 0.6) is 5.75 Å². The normalized spacial score (nSPS) is 15.1. The van der Waals surface area contributed by atoms with Gasteiger partial charge >= 0.3 is 0 Å². The van der Waals surface area contributed by atoms with E-state index in [1.165, 1.54) is 23.1 Å². The van der Waals surface area contributed by atoms with Gasteiger partial charge in [0.1, 0.15) is 10.6 Å². The smallest absolute Gasteiger partial charge is 0.263 e. The Balaban J connectivity index is 1.38. The van der Waals surface area contributed by atoms with Gasteiger partial charge in [0.25, 0.3) is 5.56 Å². The van der Waals surface area contributed by atoms with Gasteiger partial charge < -0.3 is 10.1 Å². The lowest BCUT2D eigenvalue weighted by atomic mass is 10.0. The van der Waals surface area contributed by atoms with Crippen LogP contribution < -0.4 is 15.6 Å². The molecular weight excluding hydrogens is 474 g/mol. The minimum Gasteiger partial charge on any atom is -0.493 e. The summed E-state index contributed by atoms with van der Waals surface area (Å²) < 4.78 is 7.28. The molecule has 9 heteroatoms. The van der Waals surface area contributed by atoms with Gasteiger partial charge in [-0.15, -0.1) is 29.3 Å². The third-order valence-corrected chi connectivity index (χ3v) is 8.13. The highest BCUT2D eigenvalue weighted by molar-refractivity contribution is 7.99. The summed E-state index contributed by atoms with van der Waals surface area (Å²) in [6.07, 6.45) is 2.40. The number of allylic oxidation sites excluding steroid dienone is 1. The summed E-state index contributed by atoms with van der Waals surface area (Å²) in [6, 6.07) is 11.7. The Labute approximate surface area is 202 Å². The van der Waals surface area contributed by atoms with Gasteiger partial charge in [-0.2, -0.15) is 0 Å². The summed E-state index contributed by atoms with van der Waals surface area (Å²) in [5.41, 5.74) is 1.79. The van der Waals surface area contributed by atoms with Gasteiger partial charge in [-0.1, -0.05) is 42.1 Å². The molecule has 1 aliphatic rings. The number of nitrogens with one attached hydrogen (secondary N) is 1. The van der Waals surface area contributed by atoms with Gasteiger partial charge in [0.15, 0.2) is 5.16 Å². The number of rotatable bonds is 7. The van der Waals surface area contributed by atoms with Crippen LogP contribution in [0, 0.1) is 0 Å². The Kier molecular flexibility index (Phi) is 6.34. The highest BCUT2D eigenvalue weighted by Gasteiger charge is 2.23. The fourth-order valence-corrected chi connectivity index (χ4v) is 6.50. The van der Waals surface area contributed by atoms with Crippen LogP contribution in [0.1, 0.15) is 18.0 Å². The van der Waals surface area contributed by atoms with Crippen LogP contribution in [0.25, 0.3) is 20.7 Å². The number of fused-ring (bicyclic) bond motifs is 2. The van der Waals surface area contributed by atoms with Gasteiger partial charge in [0.05, 0.1) is 23.8 Å². The fourth-order valence-electron chi connectivity index (χ4n) is 3.88. The molecule has 0 radical (unpaired) electrons. The van der Waals surface area contributed by atoms with E-state index in [1.807, 2.05) is 47.2 Å². The minimum atomic E-state index is -0.106. The lowest BCUT2D eigenvalue weighted by molar-refractivity contribution is -0.119. The lowest BCUT2D eigenvalue weighted by Crippen LogP contribution is -2.33. The zero-order valence-corrected chi connectivity index (χ0v) is 20.1. The zero-order valence-electron chi connectivity index (χ0n) is 17.7. The molecule has 4 heterocycles. The highest BCUT2D eigenvalue weighted by Crippen LogP contribution is 2.35. The van der Waals surface area contributed by atoms with Crippen molar-refractivity contribution in [2.24, 2.45) is 0 Å². The molecule has 1 aliphatic heterocycles. The summed E-state index contributed by atoms with van der Waals surface area (Å²) in [5, 5.41) is 8.22. The van der Waals surface area contributed by atoms with Crippen molar-refractivity contribution in [3.8, 4) is 16.2 Å². The van der Waals surface area contributed by atoms with Gasteiger partial charge in [-0.25, -0.2) is 4.98 Å². The van der Waals surface area contributed by atoms with Crippen LogP contribution in [0.4, 0.5) is 0 Å². The number of carbonyl (C=O) groups excluding carboxylic acids is 1. The van der Waals surface area contributed by atoms with Crippen molar-refractivity contribution >= 4 is 50.6 Å². The van der Waals surface area contributed by atoms with Crippen molar-refractivity contribution in [3.63, 3.8) is 0 Å². The molecule has 3 aromatic heterocycles. The first kappa shape index (κ1) is 21.9. The van der Waals surface area contributed by atoms with Gasteiger partial charge in [0.2, 0.25) is 5.91 Å². The van der Waals surface area contributed by atoms with Gasteiger partial charge in [-0.05, 0) is 17.5 Å². The van der Waals surface area contributed by atoms with E-state index in [1.54, 1.807) is 22.0 Å². The number of thioether (sulfide) groups is 1. The maximum absolute atomic E-state index is 13.4. The molecule has 4 aromatic rings. The summed E-state index contributed by atoms with van der Waals surface area (Å²) in [6.45, 7) is 4.69. The van der Waals surface area contributed by atoms with Crippen LogP contribution in [-0.4, -0.2) is 27.8 Å². The Morgan fingerprint density at radius 2 is 2.18 bits per heavy atom. The molecular formula is C24H21N3O3S3.